The van der Waals surface area contributed by atoms with Crippen molar-refractivity contribution in [1.29, 1.82) is 0 Å². The van der Waals surface area contributed by atoms with Gasteiger partial charge in [-0.1, -0.05) is 26.0 Å². The van der Waals surface area contributed by atoms with Crippen LogP contribution in [-0.2, 0) is 4.79 Å². The predicted octanol–water partition coefficient (Wildman–Crippen LogP) is 5.21. The summed E-state index contributed by atoms with van der Waals surface area (Å²) in [5.41, 5.74) is 4.19. The molecule has 0 spiro atoms. The number of hydrogen-bond donors (Lipinski definition) is 0. The fourth-order valence-corrected chi connectivity index (χ4v) is 2.76. The summed E-state index contributed by atoms with van der Waals surface area (Å²) in [5, 5.41) is 0. The minimum Gasteiger partial charge on any atom is -0.347 e. The molecule has 0 radical (unpaired) electrons. The third kappa shape index (κ3) is 3.19. The van der Waals surface area contributed by atoms with E-state index in [1.807, 2.05) is 6.08 Å². The van der Waals surface area contributed by atoms with Crippen molar-refractivity contribution in [2.45, 2.75) is 39.7 Å². The number of carbonyl (C=O) groups is 1. The lowest BCUT2D eigenvalue weighted by Gasteiger charge is -2.16. The second-order valence-corrected chi connectivity index (χ2v) is 6.00. The van der Waals surface area contributed by atoms with Crippen molar-refractivity contribution in [2.75, 3.05) is 0 Å². The maximum Gasteiger partial charge on any atom is 0.142 e. The Bertz CT molecular complexity index is 678. The Hall–Kier alpha value is -2.16. The highest BCUT2D eigenvalue weighted by Gasteiger charge is 2.19. The van der Waals surface area contributed by atoms with Crippen molar-refractivity contribution in [2.24, 2.45) is 0 Å². The summed E-state index contributed by atoms with van der Waals surface area (Å²) in [6, 6.07) is 6.79. The number of allylic oxidation sites excluding steroid dienone is 1. The Balaban J connectivity index is 2.71. The Morgan fingerprint density at radius 2 is 1.73 bits per heavy atom. The molecule has 0 N–H and O–H groups in total. The quantitative estimate of drug-likeness (QED) is 0.548. The molecule has 2 nitrogen and oxygen atoms in total. The zero-order valence-corrected chi connectivity index (χ0v) is 13.5. The highest BCUT2D eigenvalue weighted by Crippen LogP contribution is 2.35. The SMILES string of the molecule is CC(C)c1c(/C=C/C=O)c(-c2ccc(F)cc2)cn1C(C)C. The minimum atomic E-state index is -0.249. The first kappa shape index (κ1) is 16.2. The van der Waals surface area contributed by atoms with Gasteiger partial charge in [-0.15, -0.1) is 0 Å². The zero-order valence-electron chi connectivity index (χ0n) is 13.5. The molecule has 2 aromatic rings. The Labute approximate surface area is 131 Å². The first-order chi connectivity index (χ1) is 10.5. The van der Waals surface area contributed by atoms with Gasteiger partial charge in [-0.3, -0.25) is 4.79 Å². The summed E-state index contributed by atoms with van der Waals surface area (Å²) < 4.78 is 15.4. The summed E-state index contributed by atoms with van der Waals surface area (Å²) in [7, 11) is 0. The standard InChI is InChI=1S/C19H22FNO/c1-13(2)19-17(6-5-11-22)18(12-21(19)14(3)4)15-7-9-16(20)10-8-15/h5-14H,1-4H3/b6-5+. The van der Waals surface area contributed by atoms with Crippen molar-refractivity contribution < 1.29 is 9.18 Å². The minimum absolute atomic E-state index is 0.249. The van der Waals surface area contributed by atoms with Crippen LogP contribution in [-0.4, -0.2) is 10.9 Å². The zero-order chi connectivity index (χ0) is 16.3. The molecule has 0 fully saturated rings. The van der Waals surface area contributed by atoms with E-state index >= 15 is 0 Å². The molecule has 1 aromatic heterocycles. The van der Waals surface area contributed by atoms with Gasteiger partial charge in [-0.25, -0.2) is 4.39 Å². The molecule has 0 saturated heterocycles. The third-order valence-electron chi connectivity index (χ3n) is 3.71. The maximum atomic E-state index is 13.2. The lowest BCUT2D eigenvalue weighted by molar-refractivity contribution is -0.104. The van der Waals surface area contributed by atoms with Gasteiger partial charge < -0.3 is 4.57 Å². The largest absolute Gasteiger partial charge is 0.347 e. The number of rotatable bonds is 5. The lowest BCUT2D eigenvalue weighted by atomic mass is 9.98. The van der Waals surface area contributed by atoms with E-state index in [0.29, 0.717) is 12.0 Å². The van der Waals surface area contributed by atoms with Gasteiger partial charge >= 0.3 is 0 Å². The molecule has 22 heavy (non-hydrogen) atoms. The monoisotopic (exact) mass is 299 g/mol. The van der Waals surface area contributed by atoms with E-state index in [2.05, 4.69) is 38.5 Å². The molecule has 0 aliphatic carbocycles. The second-order valence-electron chi connectivity index (χ2n) is 6.00. The highest BCUT2D eigenvalue weighted by molar-refractivity contribution is 5.82. The van der Waals surface area contributed by atoms with Gasteiger partial charge in [0.1, 0.15) is 12.1 Å². The smallest absolute Gasteiger partial charge is 0.142 e. The Morgan fingerprint density at radius 3 is 2.23 bits per heavy atom. The number of aromatic nitrogens is 1. The lowest BCUT2D eigenvalue weighted by Crippen LogP contribution is -2.06. The molecule has 0 amide bonds. The van der Waals surface area contributed by atoms with E-state index in [0.717, 1.165) is 23.0 Å². The fraction of sp³-hybridized carbons (Fsp3) is 0.316. The molecule has 1 heterocycles. The third-order valence-corrected chi connectivity index (χ3v) is 3.71. The van der Waals surface area contributed by atoms with Crippen molar-refractivity contribution >= 4 is 12.4 Å². The Kier molecular flexibility index (Phi) is 4.96. The molecule has 0 bridgehead atoms. The summed E-state index contributed by atoms with van der Waals surface area (Å²) in [4.78, 5) is 10.7. The van der Waals surface area contributed by atoms with Gasteiger partial charge in [0.05, 0.1) is 0 Å². The molecule has 0 saturated carbocycles. The normalized spacial score (nSPS) is 11.8. The first-order valence-corrected chi connectivity index (χ1v) is 7.58. The summed E-state index contributed by atoms with van der Waals surface area (Å²) in [6.45, 7) is 8.54. The van der Waals surface area contributed by atoms with E-state index in [4.69, 9.17) is 0 Å². The van der Waals surface area contributed by atoms with Gasteiger partial charge in [0.25, 0.3) is 0 Å². The van der Waals surface area contributed by atoms with E-state index in [1.54, 1.807) is 12.1 Å². The summed E-state index contributed by atoms with van der Waals surface area (Å²) >= 11 is 0. The number of halogens is 1. The van der Waals surface area contributed by atoms with Gasteiger partial charge in [-0.05, 0) is 49.6 Å². The van der Waals surface area contributed by atoms with Gasteiger partial charge in [0, 0.05) is 29.1 Å². The average Bonchev–Trinajstić information content (AvgIpc) is 2.85. The van der Waals surface area contributed by atoms with Crippen LogP contribution < -0.4 is 0 Å². The number of nitrogens with zero attached hydrogens (tertiary/aromatic N) is 1. The van der Waals surface area contributed by atoms with Crippen LogP contribution in [0.25, 0.3) is 17.2 Å². The van der Waals surface area contributed by atoms with E-state index in [-0.39, 0.29) is 5.82 Å². The molecular weight excluding hydrogens is 277 g/mol. The van der Waals surface area contributed by atoms with Crippen LogP contribution in [0.2, 0.25) is 0 Å². The fourth-order valence-electron chi connectivity index (χ4n) is 2.76. The van der Waals surface area contributed by atoms with Crippen LogP contribution in [0, 0.1) is 5.82 Å². The molecule has 3 heteroatoms. The van der Waals surface area contributed by atoms with E-state index < -0.39 is 0 Å². The molecule has 0 unspecified atom stereocenters. The van der Waals surface area contributed by atoms with Gasteiger partial charge in [0.15, 0.2) is 0 Å². The van der Waals surface area contributed by atoms with Crippen LogP contribution in [0.1, 0.15) is 50.9 Å². The van der Waals surface area contributed by atoms with Crippen LogP contribution in [0.4, 0.5) is 4.39 Å². The second kappa shape index (κ2) is 6.73. The van der Waals surface area contributed by atoms with E-state index in [9.17, 15) is 9.18 Å². The molecule has 0 aliphatic rings. The Morgan fingerprint density at radius 1 is 1.09 bits per heavy atom. The molecule has 2 rings (SSSR count). The molecule has 0 atom stereocenters. The van der Waals surface area contributed by atoms with Gasteiger partial charge in [0.2, 0.25) is 0 Å². The molecule has 0 aliphatic heterocycles. The molecule has 116 valence electrons. The maximum absolute atomic E-state index is 13.2. The van der Waals surface area contributed by atoms with Crippen LogP contribution in [0.15, 0.2) is 36.5 Å². The number of aldehydes is 1. The number of hydrogen-bond acceptors (Lipinski definition) is 1. The van der Waals surface area contributed by atoms with Crippen LogP contribution >= 0.6 is 0 Å². The average molecular weight is 299 g/mol. The van der Waals surface area contributed by atoms with Crippen LogP contribution in [0.5, 0.6) is 0 Å². The molecule has 1 aromatic carbocycles. The number of carbonyl (C=O) groups excluding carboxylic acids is 1. The topological polar surface area (TPSA) is 22.0 Å². The van der Waals surface area contributed by atoms with E-state index in [1.165, 1.54) is 23.9 Å². The van der Waals surface area contributed by atoms with Crippen molar-refractivity contribution in [1.82, 2.24) is 4.57 Å². The highest BCUT2D eigenvalue weighted by atomic mass is 19.1. The van der Waals surface area contributed by atoms with Crippen molar-refractivity contribution in [3.8, 4) is 11.1 Å². The van der Waals surface area contributed by atoms with Crippen molar-refractivity contribution in [3.05, 3.63) is 53.6 Å². The summed E-state index contributed by atoms with van der Waals surface area (Å²) in [5.74, 6) is 0.0732. The first-order valence-electron chi connectivity index (χ1n) is 7.58. The predicted molar refractivity (Wildman–Crippen MR) is 89.4 cm³/mol. The molecular formula is C19H22FNO. The van der Waals surface area contributed by atoms with Gasteiger partial charge in [-0.2, -0.15) is 0 Å². The van der Waals surface area contributed by atoms with Crippen molar-refractivity contribution in [3.63, 3.8) is 0 Å². The summed E-state index contributed by atoms with van der Waals surface area (Å²) in [6.07, 6.45) is 6.24. The van der Waals surface area contributed by atoms with Crippen LogP contribution in [0.3, 0.4) is 0 Å². The number of benzene rings is 1.